The molecule has 11 heteroatoms. The van der Waals surface area contributed by atoms with Crippen LogP contribution in [0.25, 0.3) is 0 Å². The molecule has 0 spiro atoms. The lowest BCUT2D eigenvalue weighted by atomic mass is 10.0. The van der Waals surface area contributed by atoms with E-state index in [1.54, 1.807) is 26.0 Å². The number of carbonyl (C=O) groups excluding carboxylic acids is 3. The van der Waals surface area contributed by atoms with Crippen molar-refractivity contribution in [2.75, 3.05) is 25.0 Å². The molecular weight excluding hydrogens is 450 g/mol. The maximum absolute atomic E-state index is 12.7. The maximum Gasteiger partial charge on any atom is 0.329 e. The van der Waals surface area contributed by atoms with Gasteiger partial charge in [0.25, 0.3) is 11.8 Å². The zero-order valence-electron chi connectivity index (χ0n) is 18.4. The van der Waals surface area contributed by atoms with Crippen molar-refractivity contribution < 1.29 is 32.0 Å². The van der Waals surface area contributed by atoms with Gasteiger partial charge in [0.15, 0.2) is 12.4 Å². The summed E-state index contributed by atoms with van der Waals surface area (Å²) in [4.78, 5) is 37.0. The van der Waals surface area contributed by atoms with Crippen molar-refractivity contribution in [1.29, 1.82) is 0 Å². The van der Waals surface area contributed by atoms with E-state index in [4.69, 9.17) is 9.15 Å². The van der Waals surface area contributed by atoms with E-state index in [0.29, 0.717) is 13.1 Å². The fourth-order valence-electron chi connectivity index (χ4n) is 3.35. The molecule has 1 aliphatic rings. The third-order valence-corrected chi connectivity index (χ3v) is 7.01. The number of carbonyl (C=O) groups is 3. The molecule has 1 aromatic carbocycles. The lowest BCUT2D eigenvalue weighted by Gasteiger charge is -2.20. The highest BCUT2D eigenvalue weighted by molar-refractivity contribution is 7.89. The molecule has 2 amide bonds. The number of hydrogen-bond acceptors (Lipinski definition) is 7. The first kappa shape index (κ1) is 24.5. The summed E-state index contributed by atoms with van der Waals surface area (Å²) in [6.45, 7) is 3.80. The standard InChI is InChI=1S/C22H27N3O7S/c1-15(2)20(24-21(27)18-9-6-12-31-18)22(28)32-14-19(26)23-16-7-5-8-17(13-16)33(29,30)25-10-3-4-11-25/h5-9,12-13,15,20H,3-4,10-11,14H2,1-2H3,(H,23,26)(H,24,27)/t20-/m0/s1. The van der Waals surface area contributed by atoms with Crippen LogP contribution in [0.15, 0.2) is 52.0 Å². The molecule has 1 aromatic heterocycles. The minimum absolute atomic E-state index is 0.0509. The first-order chi connectivity index (χ1) is 15.7. The molecule has 3 rings (SSSR count). The summed E-state index contributed by atoms with van der Waals surface area (Å²) in [5.41, 5.74) is 0.267. The number of benzene rings is 1. The number of nitrogens with one attached hydrogen (secondary N) is 2. The summed E-state index contributed by atoms with van der Waals surface area (Å²) in [7, 11) is -3.62. The Morgan fingerprint density at radius 3 is 2.48 bits per heavy atom. The van der Waals surface area contributed by atoms with Crippen LogP contribution in [0.2, 0.25) is 0 Å². The highest BCUT2D eigenvalue weighted by Crippen LogP contribution is 2.23. The molecule has 10 nitrogen and oxygen atoms in total. The molecule has 0 bridgehead atoms. The molecule has 0 unspecified atom stereocenters. The Labute approximate surface area is 192 Å². The van der Waals surface area contributed by atoms with E-state index in [1.807, 2.05) is 0 Å². The second kappa shape index (κ2) is 10.6. The maximum atomic E-state index is 12.7. The van der Waals surface area contributed by atoms with Gasteiger partial charge >= 0.3 is 5.97 Å². The van der Waals surface area contributed by atoms with Crippen LogP contribution in [0.3, 0.4) is 0 Å². The van der Waals surface area contributed by atoms with E-state index < -0.39 is 40.5 Å². The minimum atomic E-state index is -3.62. The topological polar surface area (TPSA) is 135 Å². The summed E-state index contributed by atoms with van der Waals surface area (Å²) < 4.78 is 36.9. The van der Waals surface area contributed by atoms with Crippen LogP contribution in [0.4, 0.5) is 5.69 Å². The molecule has 1 atom stereocenters. The van der Waals surface area contributed by atoms with Gasteiger partial charge in [0, 0.05) is 18.8 Å². The van der Waals surface area contributed by atoms with Gasteiger partial charge in [-0.05, 0) is 49.1 Å². The number of amides is 2. The highest BCUT2D eigenvalue weighted by atomic mass is 32.2. The molecule has 178 valence electrons. The first-order valence-electron chi connectivity index (χ1n) is 10.6. The molecule has 2 N–H and O–H groups in total. The summed E-state index contributed by atoms with van der Waals surface area (Å²) in [5.74, 6) is -2.23. The lowest BCUT2D eigenvalue weighted by Crippen LogP contribution is -2.45. The number of esters is 1. The Morgan fingerprint density at radius 2 is 1.85 bits per heavy atom. The lowest BCUT2D eigenvalue weighted by molar-refractivity contribution is -0.150. The molecule has 1 fully saturated rings. The number of rotatable bonds is 9. The Balaban J connectivity index is 1.57. The Bertz CT molecular complexity index is 1090. The zero-order valence-corrected chi connectivity index (χ0v) is 19.3. The fourth-order valence-corrected chi connectivity index (χ4v) is 4.92. The quantitative estimate of drug-likeness (QED) is 0.527. The van der Waals surface area contributed by atoms with Crippen molar-refractivity contribution >= 4 is 33.5 Å². The van der Waals surface area contributed by atoms with Crippen LogP contribution >= 0.6 is 0 Å². The van der Waals surface area contributed by atoms with Crippen molar-refractivity contribution in [3.05, 3.63) is 48.4 Å². The van der Waals surface area contributed by atoms with Gasteiger partial charge in [0.2, 0.25) is 10.0 Å². The molecule has 1 saturated heterocycles. The van der Waals surface area contributed by atoms with Crippen molar-refractivity contribution in [1.82, 2.24) is 9.62 Å². The van der Waals surface area contributed by atoms with Crippen LogP contribution in [0, 0.1) is 5.92 Å². The van der Waals surface area contributed by atoms with Gasteiger partial charge in [-0.25, -0.2) is 13.2 Å². The van der Waals surface area contributed by atoms with Gasteiger partial charge in [-0.1, -0.05) is 19.9 Å². The minimum Gasteiger partial charge on any atom is -0.459 e. The predicted molar refractivity (Wildman–Crippen MR) is 119 cm³/mol. The normalized spacial score (nSPS) is 15.2. The van der Waals surface area contributed by atoms with Crippen LogP contribution in [0.5, 0.6) is 0 Å². The van der Waals surface area contributed by atoms with E-state index in [1.165, 1.54) is 34.8 Å². The van der Waals surface area contributed by atoms with Crippen LogP contribution in [0.1, 0.15) is 37.2 Å². The summed E-state index contributed by atoms with van der Waals surface area (Å²) in [5, 5.41) is 5.06. The second-order valence-electron chi connectivity index (χ2n) is 7.97. The van der Waals surface area contributed by atoms with E-state index in [2.05, 4.69) is 10.6 Å². The Hall–Kier alpha value is -3.18. The van der Waals surface area contributed by atoms with Gasteiger partial charge in [-0.2, -0.15) is 4.31 Å². The number of anilines is 1. The number of nitrogens with zero attached hydrogens (tertiary/aromatic N) is 1. The van der Waals surface area contributed by atoms with E-state index in [0.717, 1.165) is 12.8 Å². The number of furan rings is 1. The van der Waals surface area contributed by atoms with Crippen LogP contribution < -0.4 is 10.6 Å². The van der Waals surface area contributed by atoms with E-state index in [9.17, 15) is 22.8 Å². The van der Waals surface area contributed by atoms with Crippen LogP contribution in [-0.4, -0.2) is 56.2 Å². The molecule has 0 saturated carbocycles. The van der Waals surface area contributed by atoms with Gasteiger partial charge in [0.1, 0.15) is 6.04 Å². The predicted octanol–water partition coefficient (Wildman–Crippen LogP) is 2.00. The van der Waals surface area contributed by atoms with E-state index in [-0.39, 0.29) is 22.3 Å². The van der Waals surface area contributed by atoms with Gasteiger partial charge in [0.05, 0.1) is 11.2 Å². The van der Waals surface area contributed by atoms with E-state index >= 15 is 0 Å². The Morgan fingerprint density at radius 1 is 1.12 bits per heavy atom. The largest absolute Gasteiger partial charge is 0.459 e. The molecular formula is C22H27N3O7S. The summed E-state index contributed by atoms with van der Waals surface area (Å²) >= 11 is 0. The van der Waals surface area contributed by atoms with Crippen molar-refractivity contribution in [3.8, 4) is 0 Å². The summed E-state index contributed by atoms with van der Waals surface area (Å²) in [6.07, 6.45) is 2.98. The average molecular weight is 478 g/mol. The molecule has 2 heterocycles. The summed E-state index contributed by atoms with van der Waals surface area (Å²) in [6, 6.07) is 7.94. The molecule has 0 radical (unpaired) electrons. The van der Waals surface area contributed by atoms with Crippen molar-refractivity contribution in [3.63, 3.8) is 0 Å². The zero-order chi connectivity index (χ0) is 24.0. The van der Waals surface area contributed by atoms with Gasteiger partial charge < -0.3 is 19.8 Å². The van der Waals surface area contributed by atoms with Gasteiger partial charge in [-0.3, -0.25) is 9.59 Å². The second-order valence-corrected chi connectivity index (χ2v) is 9.91. The average Bonchev–Trinajstić information content (AvgIpc) is 3.50. The third kappa shape index (κ3) is 6.20. The molecule has 0 aliphatic carbocycles. The first-order valence-corrected chi connectivity index (χ1v) is 12.0. The number of hydrogen-bond donors (Lipinski definition) is 2. The molecule has 1 aliphatic heterocycles. The molecule has 33 heavy (non-hydrogen) atoms. The third-order valence-electron chi connectivity index (χ3n) is 5.12. The SMILES string of the molecule is CC(C)[C@H](NC(=O)c1ccco1)C(=O)OCC(=O)Nc1cccc(S(=O)(=O)N2CCCC2)c1. The fraction of sp³-hybridized carbons (Fsp3) is 0.409. The smallest absolute Gasteiger partial charge is 0.329 e. The molecule has 2 aromatic rings. The number of sulfonamides is 1. The van der Waals surface area contributed by atoms with Gasteiger partial charge in [-0.15, -0.1) is 0 Å². The Kier molecular flexibility index (Phi) is 7.88. The monoisotopic (exact) mass is 477 g/mol. The van der Waals surface area contributed by atoms with Crippen molar-refractivity contribution in [2.45, 2.75) is 37.6 Å². The van der Waals surface area contributed by atoms with Crippen molar-refractivity contribution in [2.24, 2.45) is 5.92 Å². The highest BCUT2D eigenvalue weighted by Gasteiger charge is 2.29. The van der Waals surface area contributed by atoms with Crippen LogP contribution in [-0.2, 0) is 24.3 Å². The number of ether oxygens (including phenoxy) is 1.